The Bertz CT molecular complexity index is 1380. The Labute approximate surface area is 255 Å². The number of amides is 2. The summed E-state index contributed by atoms with van der Waals surface area (Å²) >= 11 is 2.10. The van der Waals surface area contributed by atoms with Crippen LogP contribution in [0.4, 0.5) is 5.69 Å². The smallest absolute Gasteiger partial charge is 0.455 e. The second-order valence-corrected chi connectivity index (χ2v) is 12.3. The van der Waals surface area contributed by atoms with Gasteiger partial charge in [-0.25, -0.2) is 0 Å². The molecule has 0 radical (unpaired) electrons. The number of fused-ring (bicyclic) bond motifs is 3. The van der Waals surface area contributed by atoms with E-state index < -0.39 is 19.0 Å². The Kier molecular flexibility index (Phi) is 9.25. The van der Waals surface area contributed by atoms with Crippen LogP contribution in [0, 0.1) is 21.3 Å². The highest BCUT2D eigenvalue weighted by Crippen LogP contribution is 2.52. The normalized spacial score (nSPS) is 24.6. The predicted octanol–water partition coefficient (Wildman–Crippen LogP) is 6.38. The van der Waals surface area contributed by atoms with Crippen LogP contribution in [0.5, 0.6) is 11.5 Å². The second-order valence-electron chi connectivity index (χ2n) is 11.2. The molecule has 3 aliphatic rings. The Morgan fingerprint density at radius 2 is 1.93 bits per heavy atom. The summed E-state index contributed by atoms with van der Waals surface area (Å²) in [7, 11) is 0.556. The highest BCUT2D eigenvalue weighted by Gasteiger charge is 2.57. The first kappa shape index (κ1) is 29.9. The number of aromatic hydroxyl groups is 1. The van der Waals surface area contributed by atoms with Crippen molar-refractivity contribution in [2.24, 2.45) is 17.8 Å². The number of halogens is 1. The summed E-state index contributed by atoms with van der Waals surface area (Å²) in [6.07, 6.45) is 6.73. The van der Waals surface area contributed by atoms with Gasteiger partial charge in [0.15, 0.2) is 11.5 Å². The average molecular weight is 669 g/mol. The quantitative estimate of drug-likeness (QED) is 0.139. The Morgan fingerprint density at radius 3 is 2.61 bits per heavy atom. The van der Waals surface area contributed by atoms with E-state index in [1.54, 1.807) is 19.2 Å². The molecule has 2 aromatic rings. The molecule has 4 atom stereocenters. The van der Waals surface area contributed by atoms with Crippen molar-refractivity contribution in [1.29, 1.82) is 0 Å². The average Bonchev–Trinajstić information content (AvgIpc) is 3.22. The third-order valence-corrected chi connectivity index (χ3v) is 9.52. The fourth-order valence-corrected chi connectivity index (χ4v) is 7.50. The lowest BCUT2D eigenvalue weighted by Crippen LogP contribution is -2.46. The molecule has 2 heterocycles. The van der Waals surface area contributed by atoms with Gasteiger partial charge in [0.2, 0.25) is 11.8 Å². The highest BCUT2D eigenvalue weighted by molar-refractivity contribution is 14.1. The number of phenolic OH excluding ortho intramolecular Hbond substituents is 1. The SMILES string of the molecule is CCCC1=C2[C@@H](CC/C(=C/c3cc(I)c(O)c(OC)c3)CC)OB(O)C[C@@H]2[C@@H]2C(=O)N(c3ccccc3)C(=O)[C@@H]2C1. The number of phenols is 1. The van der Waals surface area contributed by atoms with Crippen molar-refractivity contribution in [3.05, 3.63) is 68.3 Å². The van der Waals surface area contributed by atoms with Crippen LogP contribution in [-0.2, 0) is 14.2 Å². The van der Waals surface area contributed by atoms with E-state index in [4.69, 9.17) is 9.39 Å². The van der Waals surface area contributed by atoms with Gasteiger partial charge >= 0.3 is 7.12 Å². The van der Waals surface area contributed by atoms with E-state index in [2.05, 4.69) is 42.5 Å². The Balaban J connectivity index is 1.43. The molecular formula is C32H37BINO6. The van der Waals surface area contributed by atoms with Gasteiger partial charge in [-0.05, 0) is 102 Å². The van der Waals surface area contributed by atoms with E-state index in [0.29, 0.717) is 30.6 Å². The van der Waals surface area contributed by atoms with Crippen molar-refractivity contribution in [2.75, 3.05) is 12.0 Å². The van der Waals surface area contributed by atoms with Crippen LogP contribution in [0.3, 0.4) is 0 Å². The third-order valence-electron chi connectivity index (χ3n) is 8.70. The predicted molar refractivity (Wildman–Crippen MR) is 168 cm³/mol. The van der Waals surface area contributed by atoms with Crippen LogP contribution < -0.4 is 9.64 Å². The third kappa shape index (κ3) is 5.86. The van der Waals surface area contributed by atoms with Crippen molar-refractivity contribution in [3.63, 3.8) is 0 Å². The maximum Gasteiger partial charge on any atom is 0.455 e. The number of carbonyl (C=O) groups is 2. The highest BCUT2D eigenvalue weighted by atomic mass is 127. The number of anilines is 1. The van der Waals surface area contributed by atoms with Gasteiger partial charge in [0, 0.05) is 0 Å². The molecule has 2 amide bonds. The molecule has 1 aliphatic carbocycles. The van der Waals surface area contributed by atoms with Crippen molar-refractivity contribution in [1.82, 2.24) is 0 Å². The number of ether oxygens (including phenoxy) is 1. The zero-order chi connectivity index (χ0) is 29.3. The fraction of sp³-hybridized carbons (Fsp3) is 0.438. The van der Waals surface area contributed by atoms with Crippen LogP contribution in [0.15, 0.2) is 59.2 Å². The lowest BCUT2D eigenvalue weighted by atomic mass is 9.58. The molecule has 0 bridgehead atoms. The lowest BCUT2D eigenvalue weighted by Gasteiger charge is -2.43. The lowest BCUT2D eigenvalue weighted by molar-refractivity contribution is -0.122. The first-order chi connectivity index (χ1) is 19.8. The molecule has 0 spiro atoms. The molecule has 5 rings (SSSR count). The van der Waals surface area contributed by atoms with Gasteiger partial charge in [0.05, 0.1) is 34.3 Å². The summed E-state index contributed by atoms with van der Waals surface area (Å²) in [5.74, 6) is -0.823. The summed E-state index contributed by atoms with van der Waals surface area (Å²) in [5, 5.41) is 21.1. The number of para-hydroxylation sites is 1. The largest absolute Gasteiger partial charge is 0.504 e. The number of hydrogen-bond acceptors (Lipinski definition) is 6. The number of imide groups is 1. The van der Waals surface area contributed by atoms with E-state index in [0.717, 1.165) is 40.4 Å². The number of hydrogen-bond donors (Lipinski definition) is 2. The van der Waals surface area contributed by atoms with Crippen LogP contribution in [0.25, 0.3) is 6.08 Å². The zero-order valence-electron chi connectivity index (χ0n) is 23.8. The molecule has 216 valence electrons. The number of carbonyl (C=O) groups excluding carboxylic acids is 2. The summed E-state index contributed by atoms with van der Waals surface area (Å²) < 4.78 is 12.2. The van der Waals surface area contributed by atoms with Gasteiger partial charge < -0.3 is 19.5 Å². The second kappa shape index (κ2) is 12.7. The number of methoxy groups -OCH3 is 1. The zero-order valence-corrected chi connectivity index (χ0v) is 26.0. The molecule has 0 saturated carbocycles. The van der Waals surface area contributed by atoms with E-state index in [-0.39, 0.29) is 29.6 Å². The first-order valence-electron chi connectivity index (χ1n) is 14.5. The molecule has 41 heavy (non-hydrogen) atoms. The molecule has 2 aromatic carbocycles. The topological polar surface area (TPSA) is 96.3 Å². The molecule has 7 nitrogen and oxygen atoms in total. The molecule has 2 N–H and O–H groups in total. The van der Waals surface area contributed by atoms with Gasteiger partial charge in [-0.15, -0.1) is 0 Å². The van der Waals surface area contributed by atoms with Crippen LogP contribution in [-0.4, -0.2) is 42.3 Å². The first-order valence-corrected chi connectivity index (χ1v) is 15.6. The molecule has 9 heteroatoms. The number of benzene rings is 2. The standard InChI is InChI=1S/C32H37BINO6/c1-4-9-21-17-23-29(32(38)35(31(23)37)22-10-7-6-8-11-22)24-18-33(39)41-26(28(21)24)13-12-19(5-2)14-20-15-25(34)30(36)27(16-20)40-3/h6-8,10-11,14-16,23-24,26,29,36,39H,4-5,9,12-13,17-18H2,1-3H3/b19-14+/t23-,24+,26-,29-/m1/s1. The number of nitrogens with zero attached hydrogens (tertiary/aromatic N) is 1. The summed E-state index contributed by atoms with van der Waals surface area (Å²) in [6.45, 7) is 4.24. The Hall–Kier alpha value is -2.63. The molecule has 2 fully saturated rings. The van der Waals surface area contributed by atoms with Crippen molar-refractivity contribution in [2.45, 2.75) is 64.8 Å². The van der Waals surface area contributed by atoms with E-state index in [1.807, 2.05) is 30.3 Å². The monoisotopic (exact) mass is 669 g/mol. The van der Waals surface area contributed by atoms with Crippen molar-refractivity contribution >= 4 is 53.3 Å². The minimum absolute atomic E-state index is 0.133. The maximum atomic E-state index is 13.8. The van der Waals surface area contributed by atoms with E-state index in [1.165, 1.54) is 16.0 Å². The van der Waals surface area contributed by atoms with Crippen LogP contribution in [0.1, 0.15) is 57.9 Å². The maximum absolute atomic E-state index is 13.8. The van der Waals surface area contributed by atoms with Gasteiger partial charge in [-0.1, -0.05) is 55.7 Å². The van der Waals surface area contributed by atoms with Gasteiger partial charge in [0.1, 0.15) is 0 Å². The molecular weight excluding hydrogens is 632 g/mol. The fourth-order valence-electron chi connectivity index (χ4n) is 6.87. The summed E-state index contributed by atoms with van der Waals surface area (Å²) in [5.41, 5.74) is 5.11. The summed E-state index contributed by atoms with van der Waals surface area (Å²) in [4.78, 5) is 28.8. The minimum Gasteiger partial charge on any atom is -0.504 e. The van der Waals surface area contributed by atoms with E-state index in [9.17, 15) is 19.7 Å². The van der Waals surface area contributed by atoms with Gasteiger partial charge in [0.25, 0.3) is 0 Å². The van der Waals surface area contributed by atoms with Gasteiger partial charge in [-0.2, -0.15) is 0 Å². The Morgan fingerprint density at radius 1 is 1.17 bits per heavy atom. The van der Waals surface area contributed by atoms with Crippen molar-refractivity contribution < 1.29 is 29.1 Å². The molecule has 2 saturated heterocycles. The van der Waals surface area contributed by atoms with Gasteiger partial charge in [-0.3, -0.25) is 14.5 Å². The van der Waals surface area contributed by atoms with Crippen LogP contribution >= 0.6 is 22.6 Å². The minimum atomic E-state index is -0.985. The molecule has 2 aliphatic heterocycles. The number of rotatable bonds is 9. The summed E-state index contributed by atoms with van der Waals surface area (Å²) in [6, 6.07) is 12.9. The van der Waals surface area contributed by atoms with Crippen molar-refractivity contribution in [3.8, 4) is 11.5 Å². The van der Waals surface area contributed by atoms with E-state index >= 15 is 0 Å². The molecule has 0 aromatic heterocycles. The van der Waals surface area contributed by atoms with Crippen LogP contribution in [0.2, 0.25) is 6.32 Å². The molecule has 0 unspecified atom stereocenters. The number of allylic oxidation sites excluding steroid dienone is 2.